The van der Waals surface area contributed by atoms with Gasteiger partial charge in [-0.25, -0.2) is 0 Å². The van der Waals surface area contributed by atoms with Crippen molar-refractivity contribution in [2.45, 2.75) is 24.8 Å². The van der Waals surface area contributed by atoms with Crippen molar-refractivity contribution in [3.05, 3.63) is 39.9 Å². The zero-order valence-electron chi connectivity index (χ0n) is 10.2. The largest absolute Gasteiger partial charge is 0.480 e. The molecule has 2 rings (SSSR count). The Hall–Kier alpha value is -1.66. The molecular weight excluding hydrogens is 272 g/mol. The number of carboxylic acids is 1. The van der Waals surface area contributed by atoms with E-state index in [1.165, 1.54) is 6.07 Å². The van der Waals surface area contributed by atoms with E-state index in [9.17, 15) is 20.0 Å². The fraction of sp³-hybridized carbons (Fsp3) is 0.417. The number of nitrogens with one attached hydrogen (secondary N) is 1. The zero-order chi connectivity index (χ0) is 13.2. The lowest BCUT2D eigenvalue weighted by Crippen LogP contribution is -2.49. The van der Waals surface area contributed by atoms with Crippen molar-refractivity contribution in [3.8, 4) is 0 Å². The van der Waals surface area contributed by atoms with Gasteiger partial charge in [0.05, 0.1) is 4.92 Å². The maximum absolute atomic E-state index is 11.4. The first-order valence-corrected chi connectivity index (χ1v) is 5.76. The van der Waals surface area contributed by atoms with Gasteiger partial charge in [0.15, 0.2) is 0 Å². The second-order valence-corrected chi connectivity index (χ2v) is 4.48. The number of hydrogen-bond donors (Lipinski definition) is 2. The van der Waals surface area contributed by atoms with Gasteiger partial charge in [0.25, 0.3) is 5.69 Å². The first-order valence-electron chi connectivity index (χ1n) is 5.76. The maximum atomic E-state index is 11.4. The maximum Gasteiger partial charge on any atom is 0.324 e. The molecule has 0 amide bonds. The lowest BCUT2D eigenvalue weighted by atomic mass is 9.89. The van der Waals surface area contributed by atoms with Crippen LogP contribution < -0.4 is 5.32 Å². The normalized spacial score (nSPS) is 21.7. The summed E-state index contributed by atoms with van der Waals surface area (Å²) < 4.78 is 0. The van der Waals surface area contributed by atoms with Crippen molar-refractivity contribution in [3.63, 3.8) is 0 Å². The molecule has 1 atom stereocenters. The number of nitro groups is 1. The van der Waals surface area contributed by atoms with Gasteiger partial charge in [-0.15, -0.1) is 12.4 Å². The standard InChI is InChI=1S/C12H14N2O4.ClH/c15-11(16)12(6-3-7-13-12)8-9-4-1-2-5-10(9)14(17)18;/h1-2,4-5,13H,3,6-8H2,(H,15,16);1H/t12-;/m0./s1. The van der Waals surface area contributed by atoms with Crippen LogP contribution in [0.25, 0.3) is 0 Å². The van der Waals surface area contributed by atoms with Crippen LogP contribution in [-0.4, -0.2) is 28.1 Å². The number of halogens is 1. The molecule has 0 spiro atoms. The molecule has 2 N–H and O–H groups in total. The Morgan fingerprint density at radius 2 is 2.16 bits per heavy atom. The van der Waals surface area contributed by atoms with E-state index in [2.05, 4.69) is 5.32 Å². The molecule has 0 radical (unpaired) electrons. The number of benzene rings is 1. The van der Waals surface area contributed by atoms with Crippen LogP contribution in [0.4, 0.5) is 5.69 Å². The minimum absolute atomic E-state index is 0. The SMILES string of the molecule is Cl.O=C(O)[C@@]1(Cc2ccccc2[N+](=O)[O-])CCCN1. The predicted octanol–water partition coefficient (Wildman–Crippen LogP) is 1.77. The highest BCUT2D eigenvalue weighted by atomic mass is 35.5. The van der Waals surface area contributed by atoms with Crippen LogP contribution in [0.1, 0.15) is 18.4 Å². The Morgan fingerprint density at radius 3 is 2.68 bits per heavy atom. The number of rotatable bonds is 4. The van der Waals surface area contributed by atoms with E-state index >= 15 is 0 Å². The van der Waals surface area contributed by atoms with Crippen LogP contribution in [0, 0.1) is 10.1 Å². The molecule has 0 aromatic heterocycles. The van der Waals surface area contributed by atoms with Gasteiger partial charge in [0.1, 0.15) is 5.54 Å². The van der Waals surface area contributed by atoms with Crippen LogP contribution in [0.15, 0.2) is 24.3 Å². The summed E-state index contributed by atoms with van der Waals surface area (Å²) in [5, 5.41) is 23.2. The van der Waals surface area contributed by atoms with Crippen LogP contribution in [-0.2, 0) is 11.2 Å². The van der Waals surface area contributed by atoms with Crippen molar-refractivity contribution in [2.24, 2.45) is 0 Å². The average molecular weight is 287 g/mol. The Labute approximate surface area is 116 Å². The van der Waals surface area contributed by atoms with Crippen LogP contribution in [0.3, 0.4) is 0 Å². The minimum Gasteiger partial charge on any atom is -0.480 e. The van der Waals surface area contributed by atoms with E-state index in [1.54, 1.807) is 18.2 Å². The third-order valence-corrected chi connectivity index (χ3v) is 3.33. The number of hydrogen-bond acceptors (Lipinski definition) is 4. The second-order valence-electron chi connectivity index (χ2n) is 4.48. The highest BCUT2D eigenvalue weighted by Gasteiger charge is 2.42. The molecule has 1 saturated heterocycles. The molecule has 0 bridgehead atoms. The first kappa shape index (κ1) is 15.4. The van der Waals surface area contributed by atoms with E-state index < -0.39 is 16.4 Å². The molecule has 104 valence electrons. The lowest BCUT2D eigenvalue weighted by molar-refractivity contribution is -0.385. The third kappa shape index (κ3) is 3.02. The summed E-state index contributed by atoms with van der Waals surface area (Å²) in [5.41, 5.74) is -0.627. The smallest absolute Gasteiger partial charge is 0.324 e. The molecule has 1 fully saturated rings. The minimum atomic E-state index is -1.06. The number of carbonyl (C=O) groups is 1. The van der Waals surface area contributed by atoms with Crippen molar-refractivity contribution in [1.82, 2.24) is 5.32 Å². The zero-order valence-corrected chi connectivity index (χ0v) is 11.0. The van der Waals surface area contributed by atoms with Gasteiger partial charge in [-0.1, -0.05) is 18.2 Å². The highest BCUT2D eigenvalue weighted by molar-refractivity contribution is 5.85. The van der Waals surface area contributed by atoms with E-state index in [4.69, 9.17) is 0 Å². The number of para-hydroxylation sites is 1. The summed E-state index contributed by atoms with van der Waals surface area (Å²) in [6, 6.07) is 6.28. The van der Waals surface area contributed by atoms with E-state index in [0.717, 1.165) is 6.42 Å². The molecule has 1 aliphatic rings. The lowest BCUT2D eigenvalue weighted by Gasteiger charge is -2.24. The van der Waals surface area contributed by atoms with Crippen LogP contribution in [0.2, 0.25) is 0 Å². The number of nitrogens with zero attached hydrogens (tertiary/aromatic N) is 1. The Bertz CT molecular complexity index is 486. The van der Waals surface area contributed by atoms with Gasteiger partial charge in [-0.3, -0.25) is 14.9 Å². The molecule has 0 unspecified atom stereocenters. The fourth-order valence-electron chi connectivity index (χ4n) is 2.38. The van der Waals surface area contributed by atoms with Gasteiger partial charge >= 0.3 is 5.97 Å². The van der Waals surface area contributed by atoms with Crippen molar-refractivity contribution in [2.75, 3.05) is 6.54 Å². The molecule has 1 aliphatic heterocycles. The van der Waals surface area contributed by atoms with E-state index in [0.29, 0.717) is 18.5 Å². The Balaban J connectivity index is 0.00000180. The first-order chi connectivity index (χ1) is 8.55. The van der Waals surface area contributed by atoms with Gasteiger partial charge < -0.3 is 10.4 Å². The molecule has 6 nitrogen and oxygen atoms in total. The van der Waals surface area contributed by atoms with Gasteiger partial charge in [-0.2, -0.15) is 0 Å². The molecule has 1 aromatic carbocycles. The van der Waals surface area contributed by atoms with Gasteiger partial charge in [0.2, 0.25) is 0 Å². The van der Waals surface area contributed by atoms with E-state index in [-0.39, 0.29) is 24.5 Å². The number of carboxylic acid groups (broad SMARTS) is 1. The second kappa shape index (κ2) is 5.99. The van der Waals surface area contributed by atoms with Gasteiger partial charge in [-0.05, 0) is 19.4 Å². The van der Waals surface area contributed by atoms with Gasteiger partial charge in [0, 0.05) is 18.1 Å². The van der Waals surface area contributed by atoms with Crippen molar-refractivity contribution in [1.29, 1.82) is 0 Å². The molecule has 19 heavy (non-hydrogen) atoms. The van der Waals surface area contributed by atoms with Crippen LogP contribution in [0.5, 0.6) is 0 Å². The topological polar surface area (TPSA) is 92.5 Å². The molecule has 1 heterocycles. The summed E-state index contributed by atoms with van der Waals surface area (Å²) >= 11 is 0. The molecule has 0 aliphatic carbocycles. The molecular formula is C12H15ClN2O4. The van der Waals surface area contributed by atoms with Crippen molar-refractivity contribution < 1.29 is 14.8 Å². The molecule has 7 heteroatoms. The fourth-order valence-corrected chi connectivity index (χ4v) is 2.38. The summed E-state index contributed by atoms with van der Waals surface area (Å²) in [4.78, 5) is 21.8. The number of aliphatic carboxylic acids is 1. The Kier molecular flexibility index (Phi) is 4.85. The third-order valence-electron chi connectivity index (χ3n) is 3.33. The molecule has 0 saturated carbocycles. The summed E-state index contributed by atoms with van der Waals surface area (Å²) in [6.45, 7) is 0.632. The number of nitro benzene ring substituents is 1. The predicted molar refractivity (Wildman–Crippen MR) is 71.7 cm³/mol. The van der Waals surface area contributed by atoms with Crippen molar-refractivity contribution >= 4 is 24.1 Å². The van der Waals surface area contributed by atoms with Crippen LogP contribution >= 0.6 is 12.4 Å². The van der Waals surface area contributed by atoms with E-state index in [1.807, 2.05) is 0 Å². The quantitative estimate of drug-likeness (QED) is 0.650. The molecule has 1 aromatic rings. The highest BCUT2D eigenvalue weighted by Crippen LogP contribution is 2.28. The average Bonchev–Trinajstić information content (AvgIpc) is 2.79. The summed E-state index contributed by atoms with van der Waals surface area (Å²) in [6.07, 6.45) is 1.40. The summed E-state index contributed by atoms with van der Waals surface area (Å²) in [5.74, 6) is -0.946. The Morgan fingerprint density at radius 1 is 1.47 bits per heavy atom. The summed E-state index contributed by atoms with van der Waals surface area (Å²) in [7, 11) is 0. The monoisotopic (exact) mass is 286 g/mol.